The predicted molar refractivity (Wildman–Crippen MR) is 139 cm³/mol. The van der Waals surface area contributed by atoms with Gasteiger partial charge in [0, 0.05) is 41.2 Å². The maximum atomic E-state index is 13.1. The summed E-state index contributed by atoms with van der Waals surface area (Å²) in [4.78, 5) is 18.0. The van der Waals surface area contributed by atoms with Gasteiger partial charge in [-0.1, -0.05) is 72.4 Å². The van der Waals surface area contributed by atoms with Gasteiger partial charge in [0.25, 0.3) is 0 Å². The summed E-state index contributed by atoms with van der Waals surface area (Å²) in [6, 6.07) is 21.9. The molecule has 4 aromatic rings. The average Bonchev–Trinajstić information content (AvgIpc) is 3.52. The molecule has 5 rings (SSSR count). The number of ketones is 1. The van der Waals surface area contributed by atoms with Crippen LogP contribution in [0.5, 0.6) is 0 Å². The SMILES string of the molecule is Cc1cc(C(=O)CSc2nnc(-c3ccccc3)c(-c3ccccc3)n2)c(C)n1C[C@@H]1CCCO1. The summed E-state index contributed by atoms with van der Waals surface area (Å²) in [5.74, 6) is 0.323. The number of thioether (sulfide) groups is 1. The molecule has 0 spiro atoms. The van der Waals surface area contributed by atoms with Crippen LogP contribution in [-0.2, 0) is 11.3 Å². The average molecular weight is 485 g/mol. The third kappa shape index (κ3) is 5.21. The molecule has 1 atom stereocenters. The van der Waals surface area contributed by atoms with Crippen LogP contribution in [0.25, 0.3) is 22.5 Å². The third-order valence-corrected chi connectivity index (χ3v) is 7.22. The molecule has 3 heterocycles. The minimum Gasteiger partial charge on any atom is -0.376 e. The Balaban J connectivity index is 1.36. The van der Waals surface area contributed by atoms with Gasteiger partial charge in [0.2, 0.25) is 5.16 Å². The largest absolute Gasteiger partial charge is 0.376 e. The first-order chi connectivity index (χ1) is 17.1. The second kappa shape index (κ2) is 10.5. The number of hydrogen-bond acceptors (Lipinski definition) is 6. The molecular weight excluding hydrogens is 456 g/mol. The van der Waals surface area contributed by atoms with Crippen molar-refractivity contribution < 1.29 is 9.53 Å². The van der Waals surface area contributed by atoms with Crippen LogP contribution in [-0.4, -0.2) is 44.0 Å². The Morgan fingerprint density at radius 3 is 2.34 bits per heavy atom. The number of nitrogens with zero attached hydrogens (tertiary/aromatic N) is 4. The van der Waals surface area contributed by atoms with E-state index in [0.717, 1.165) is 65.5 Å². The molecule has 2 aromatic carbocycles. The minimum atomic E-state index is 0.0682. The van der Waals surface area contributed by atoms with Crippen LogP contribution in [0.15, 0.2) is 71.9 Å². The van der Waals surface area contributed by atoms with Crippen molar-refractivity contribution >= 4 is 17.5 Å². The number of carbonyl (C=O) groups is 1. The molecule has 0 amide bonds. The van der Waals surface area contributed by atoms with Gasteiger partial charge in [-0.25, -0.2) is 4.98 Å². The van der Waals surface area contributed by atoms with Crippen LogP contribution in [0.4, 0.5) is 0 Å². The first kappa shape index (κ1) is 23.5. The lowest BCUT2D eigenvalue weighted by atomic mass is 10.0. The van der Waals surface area contributed by atoms with Gasteiger partial charge in [0.15, 0.2) is 5.78 Å². The Hall–Kier alpha value is -3.29. The molecule has 1 aliphatic heterocycles. The fourth-order valence-corrected chi connectivity index (χ4v) is 5.19. The van der Waals surface area contributed by atoms with Crippen LogP contribution in [0.3, 0.4) is 0 Å². The lowest BCUT2D eigenvalue weighted by molar-refractivity contribution is 0.0957. The Morgan fingerprint density at radius 1 is 1.00 bits per heavy atom. The van der Waals surface area contributed by atoms with E-state index in [2.05, 4.69) is 14.8 Å². The summed E-state index contributed by atoms with van der Waals surface area (Å²) in [6.45, 7) is 5.69. The van der Waals surface area contributed by atoms with Crippen molar-refractivity contribution in [3.8, 4) is 22.5 Å². The molecule has 1 fully saturated rings. The number of aromatic nitrogens is 4. The number of hydrogen-bond donors (Lipinski definition) is 0. The molecule has 7 heteroatoms. The van der Waals surface area contributed by atoms with Gasteiger partial charge in [0.05, 0.1) is 11.9 Å². The zero-order valence-corrected chi connectivity index (χ0v) is 20.8. The van der Waals surface area contributed by atoms with Gasteiger partial charge in [0.1, 0.15) is 11.4 Å². The fourth-order valence-electron chi connectivity index (χ4n) is 4.52. The molecule has 1 saturated heterocycles. The molecular formula is C28H28N4O2S. The van der Waals surface area contributed by atoms with E-state index in [1.807, 2.05) is 80.6 Å². The molecule has 0 aliphatic carbocycles. The summed E-state index contributed by atoms with van der Waals surface area (Å²) in [6.07, 6.45) is 2.41. The van der Waals surface area contributed by atoms with Gasteiger partial charge < -0.3 is 9.30 Å². The van der Waals surface area contributed by atoms with Gasteiger partial charge in [-0.2, -0.15) is 0 Å². The highest BCUT2D eigenvalue weighted by Gasteiger charge is 2.22. The first-order valence-electron chi connectivity index (χ1n) is 11.9. The topological polar surface area (TPSA) is 69.9 Å². The Kier molecular flexibility index (Phi) is 7.06. The molecule has 2 aromatic heterocycles. The number of Topliss-reactive ketones (excluding diaryl/α,β-unsaturated/α-hetero) is 1. The zero-order chi connectivity index (χ0) is 24.2. The van der Waals surface area contributed by atoms with Crippen molar-refractivity contribution in [2.45, 2.75) is 44.5 Å². The quantitative estimate of drug-likeness (QED) is 0.233. The number of ether oxygens (including phenoxy) is 1. The summed E-state index contributed by atoms with van der Waals surface area (Å²) in [5, 5.41) is 9.35. The maximum absolute atomic E-state index is 13.1. The van der Waals surface area contributed by atoms with Crippen LogP contribution in [0, 0.1) is 13.8 Å². The zero-order valence-electron chi connectivity index (χ0n) is 20.0. The molecule has 0 unspecified atom stereocenters. The van der Waals surface area contributed by atoms with Gasteiger partial charge in [-0.3, -0.25) is 4.79 Å². The molecule has 0 N–H and O–H groups in total. The monoisotopic (exact) mass is 484 g/mol. The summed E-state index contributed by atoms with van der Waals surface area (Å²) >= 11 is 1.32. The molecule has 178 valence electrons. The minimum absolute atomic E-state index is 0.0682. The van der Waals surface area contributed by atoms with E-state index >= 15 is 0 Å². The van der Waals surface area contributed by atoms with E-state index in [0.29, 0.717) is 5.16 Å². The van der Waals surface area contributed by atoms with Crippen molar-refractivity contribution in [3.05, 3.63) is 83.7 Å². The van der Waals surface area contributed by atoms with Gasteiger partial charge in [-0.05, 0) is 32.8 Å². The number of carbonyl (C=O) groups excluding carboxylic acids is 1. The summed E-state index contributed by atoms with van der Waals surface area (Å²) in [7, 11) is 0. The van der Waals surface area contributed by atoms with Crippen molar-refractivity contribution in [1.29, 1.82) is 0 Å². The molecule has 35 heavy (non-hydrogen) atoms. The fraction of sp³-hybridized carbons (Fsp3) is 0.286. The predicted octanol–water partition coefficient (Wildman–Crippen LogP) is 5.78. The maximum Gasteiger partial charge on any atom is 0.210 e. The van der Waals surface area contributed by atoms with Crippen LogP contribution in [0.1, 0.15) is 34.6 Å². The van der Waals surface area contributed by atoms with E-state index in [4.69, 9.17) is 9.72 Å². The molecule has 0 bridgehead atoms. The highest BCUT2D eigenvalue weighted by Crippen LogP contribution is 2.30. The molecule has 6 nitrogen and oxygen atoms in total. The van der Waals surface area contributed by atoms with Crippen molar-refractivity contribution in [3.63, 3.8) is 0 Å². The number of benzene rings is 2. The van der Waals surface area contributed by atoms with Crippen molar-refractivity contribution in [2.75, 3.05) is 12.4 Å². The molecule has 0 radical (unpaired) electrons. The molecule has 0 saturated carbocycles. The van der Waals surface area contributed by atoms with Crippen molar-refractivity contribution in [1.82, 2.24) is 19.7 Å². The second-order valence-corrected chi connectivity index (χ2v) is 9.71. The van der Waals surface area contributed by atoms with Gasteiger partial charge >= 0.3 is 0 Å². The van der Waals surface area contributed by atoms with E-state index in [1.165, 1.54) is 11.8 Å². The van der Waals surface area contributed by atoms with Gasteiger partial charge in [-0.15, -0.1) is 10.2 Å². The van der Waals surface area contributed by atoms with E-state index in [-0.39, 0.29) is 17.6 Å². The number of aryl methyl sites for hydroxylation is 1. The normalized spacial score (nSPS) is 15.4. The van der Waals surface area contributed by atoms with E-state index in [1.54, 1.807) is 0 Å². The Morgan fingerprint density at radius 2 is 1.69 bits per heavy atom. The number of rotatable bonds is 8. The highest BCUT2D eigenvalue weighted by atomic mass is 32.2. The Labute approximate surface area is 209 Å². The van der Waals surface area contributed by atoms with E-state index < -0.39 is 0 Å². The molecule has 1 aliphatic rings. The smallest absolute Gasteiger partial charge is 0.210 e. The van der Waals surface area contributed by atoms with E-state index in [9.17, 15) is 4.79 Å². The third-order valence-electron chi connectivity index (χ3n) is 6.38. The van der Waals surface area contributed by atoms with Crippen LogP contribution >= 0.6 is 11.8 Å². The lowest BCUT2D eigenvalue weighted by Gasteiger charge is -2.14. The van der Waals surface area contributed by atoms with Crippen LogP contribution in [0.2, 0.25) is 0 Å². The van der Waals surface area contributed by atoms with Crippen molar-refractivity contribution in [2.24, 2.45) is 0 Å². The van der Waals surface area contributed by atoms with Crippen LogP contribution < -0.4 is 0 Å². The standard InChI is InChI=1S/C28H28N4O2S/c1-19-16-24(20(2)32(19)17-23-14-9-15-34-23)25(33)18-35-28-29-26(21-10-5-3-6-11-21)27(30-31-28)22-12-7-4-8-13-22/h3-8,10-13,16,23H,9,14-15,17-18H2,1-2H3/t23-/m0/s1. The highest BCUT2D eigenvalue weighted by molar-refractivity contribution is 7.99. The summed E-state index contributed by atoms with van der Waals surface area (Å²) < 4.78 is 8.00. The second-order valence-electron chi connectivity index (χ2n) is 8.77. The first-order valence-corrected chi connectivity index (χ1v) is 12.9. The summed E-state index contributed by atoms with van der Waals surface area (Å²) in [5.41, 5.74) is 6.24. The lowest BCUT2D eigenvalue weighted by Crippen LogP contribution is -2.17. The Bertz CT molecular complexity index is 1320.